The molecule has 0 rings (SSSR count). The Balaban J connectivity index is -0.0000000643. The maximum absolute atomic E-state index is 10.4. The minimum atomic E-state index is -1.54. The molecule has 0 saturated carbocycles. The summed E-state index contributed by atoms with van der Waals surface area (Å²) in [6, 6.07) is 0. The van der Waals surface area contributed by atoms with Crippen LogP contribution in [-0.2, 0) is 38.4 Å². The molecule has 0 aliphatic carbocycles. The first-order valence-electron chi connectivity index (χ1n) is 24.0. The van der Waals surface area contributed by atoms with Gasteiger partial charge in [-0.1, -0.05) is 207 Å². The second kappa shape index (κ2) is 79.0. The van der Waals surface area contributed by atoms with E-state index in [1.807, 2.05) is 0 Å². The molecular weight excluding hydrogens is 1020 g/mol. The van der Waals surface area contributed by atoms with Crippen molar-refractivity contribution in [3.8, 4) is 0 Å². The average Bonchev–Trinajstić information content (AvgIpc) is 3.21. The van der Waals surface area contributed by atoms with Gasteiger partial charge in [-0.2, -0.15) is 0 Å². The van der Waals surface area contributed by atoms with E-state index in [9.17, 15) is 79.2 Å². The predicted octanol–water partition coefficient (Wildman–Crippen LogP) is -23.0. The zero-order valence-corrected chi connectivity index (χ0v) is 63.5. The summed E-state index contributed by atoms with van der Waals surface area (Å²) < 4.78 is 0. The summed E-state index contributed by atoms with van der Waals surface area (Å²) in [5.41, 5.74) is 0. The zero-order chi connectivity index (χ0) is 49.6. The van der Waals surface area contributed by atoms with Crippen LogP contribution in [0.3, 0.4) is 0 Å². The number of carboxylic acids is 8. The van der Waals surface area contributed by atoms with E-state index >= 15 is 0 Å². The molecule has 0 N–H and O–H groups in total. The first-order valence-corrected chi connectivity index (χ1v) is 24.0. The molecule has 0 amide bonds. The summed E-state index contributed by atoms with van der Waals surface area (Å²) in [7, 11) is 0. The Bertz CT molecular complexity index is 1020. The zero-order valence-electron chi connectivity index (χ0n) is 47.5. The number of hydrogen-bond acceptors (Lipinski definition) is 16. The Labute approximate surface area is 610 Å². The van der Waals surface area contributed by atoms with Crippen molar-refractivity contribution >= 4 is 47.8 Å². The van der Waals surface area contributed by atoms with Crippen LogP contribution in [0.2, 0.25) is 0 Å². The van der Waals surface area contributed by atoms with Crippen molar-refractivity contribution in [3.63, 3.8) is 0 Å². The topological polar surface area (TPSA) is 321 Å². The van der Waals surface area contributed by atoms with Gasteiger partial charge in [0.25, 0.3) is 0 Å². The molecule has 0 unspecified atom stereocenters. The molecule has 0 aromatic rings. The number of aliphatic carboxylic acids is 8. The van der Waals surface area contributed by atoms with Crippen LogP contribution < -0.4 is 277 Å². The number of carboxylic acid groups (broad SMARTS) is 8. The summed E-state index contributed by atoms with van der Waals surface area (Å²) in [6.45, 7) is 8.57. The molecule has 0 heterocycles. The Hall–Kier alpha value is 3.76. The van der Waals surface area contributed by atoms with E-state index < -0.39 is 71.4 Å². The second-order valence-electron chi connectivity index (χ2n) is 16.4. The fourth-order valence-electron chi connectivity index (χ4n) is 6.55. The third kappa shape index (κ3) is 75.8. The third-order valence-electron chi connectivity index (χ3n) is 10.7. The van der Waals surface area contributed by atoms with Gasteiger partial charge in [0, 0.05) is 23.7 Å². The standard InChI is InChI=1S/4C12H22O4.8Na/c4*1-2-3-4-5-6-7-8-9-10(11(13)14)12(15)16;;;;;;;;/h4*10H,2-9H2,1H3,(H,13,14)(H,15,16);;;;;;;;/q;;;;8*+1/p-8. The van der Waals surface area contributed by atoms with Gasteiger partial charge in [-0.3, -0.25) is 0 Å². The van der Waals surface area contributed by atoms with E-state index in [0.29, 0.717) is 25.7 Å². The summed E-state index contributed by atoms with van der Waals surface area (Å²) in [5.74, 6) is -18.1. The van der Waals surface area contributed by atoms with Crippen molar-refractivity contribution in [1.29, 1.82) is 0 Å². The van der Waals surface area contributed by atoms with Crippen LogP contribution in [-0.4, -0.2) is 47.8 Å². The van der Waals surface area contributed by atoms with Crippen molar-refractivity contribution < 1.29 is 316 Å². The van der Waals surface area contributed by atoms with Crippen molar-refractivity contribution in [2.24, 2.45) is 23.7 Å². The van der Waals surface area contributed by atoms with Crippen LogP contribution >= 0.6 is 0 Å². The van der Waals surface area contributed by atoms with Crippen LogP contribution in [0.5, 0.6) is 0 Å². The van der Waals surface area contributed by atoms with E-state index in [1.54, 1.807) is 0 Å². The monoisotopic (exact) mass is 1100 g/mol. The van der Waals surface area contributed by atoms with Gasteiger partial charge in [-0.05, 0) is 25.7 Å². The fraction of sp³-hybridized carbons (Fsp3) is 0.833. The maximum Gasteiger partial charge on any atom is 1.00 e. The molecule has 0 spiro atoms. The molecule has 0 fully saturated rings. The molecule has 0 bridgehead atoms. The molecule has 16 nitrogen and oxygen atoms in total. The molecule has 0 radical (unpaired) electrons. The first-order chi connectivity index (χ1) is 30.4. The van der Waals surface area contributed by atoms with Gasteiger partial charge >= 0.3 is 236 Å². The van der Waals surface area contributed by atoms with Crippen LogP contribution in [0.1, 0.15) is 233 Å². The normalized spacial score (nSPS) is 9.44. The summed E-state index contributed by atoms with van der Waals surface area (Å²) in [6.07, 6.45) is 29.6. The fourth-order valence-corrected chi connectivity index (χ4v) is 6.55. The minimum Gasteiger partial charge on any atom is -0.549 e. The maximum atomic E-state index is 10.4. The van der Waals surface area contributed by atoms with Gasteiger partial charge in [0.15, 0.2) is 0 Å². The average molecular weight is 1100 g/mol. The molecule has 0 atom stereocenters. The molecular formula is C48H80Na8O16. The van der Waals surface area contributed by atoms with E-state index in [1.165, 1.54) is 77.0 Å². The van der Waals surface area contributed by atoms with Gasteiger partial charge < -0.3 is 79.2 Å². The summed E-state index contributed by atoms with van der Waals surface area (Å²) in [5, 5.41) is 83.3. The van der Waals surface area contributed by atoms with E-state index in [4.69, 9.17) is 0 Å². The van der Waals surface area contributed by atoms with Gasteiger partial charge in [-0.25, -0.2) is 0 Å². The molecule has 24 heteroatoms. The SMILES string of the molecule is CCCCCCCCCC(C(=O)[O-])C(=O)[O-].CCCCCCCCCC(C(=O)[O-])C(=O)[O-].CCCCCCCCCC(C(=O)[O-])C(=O)[O-].CCCCCCCCCC(C(=O)[O-])C(=O)[O-].[Na+].[Na+].[Na+].[Na+].[Na+].[Na+].[Na+].[Na+]. The third-order valence-corrected chi connectivity index (χ3v) is 10.7. The van der Waals surface area contributed by atoms with Crippen LogP contribution in [0.15, 0.2) is 0 Å². The first kappa shape index (κ1) is 104. The van der Waals surface area contributed by atoms with E-state index in [-0.39, 0.29) is 262 Å². The second-order valence-corrected chi connectivity index (χ2v) is 16.4. The van der Waals surface area contributed by atoms with E-state index in [0.717, 1.165) is 77.0 Å². The molecule has 0 aliphatic rings. The van der Waals surface area contributed by atoms with Crippen LogP contribution in [0.4, 0.5) is 0 Å². The largest absolute Gasteiger partial charge is 1.00 e. The summed E-state index contributed by atoms with van der Waals surface area (Å²) in [4.78, 5) is 83.3. The van der Waals surface area contributed by atoms with Gasteiger partial charge in [0.05, 0.1) is 47.8 Å². The molecule has 0 aromatic heterocycles. The number of rotatable bonds is 40. The van der Waals surface area contributed by atoms with Gasteiger partial charge in [0.1, 0.15) is 0 Å². The Kier molecular flexibility index (Phi) is 114. The Morgan fingerprint density at radius 3 is 0.403 bits per heavy atom. The van der Waals surface area contributed by atoms with Crippen molar-refractivity contribution in [2.75, 3.05) is 0 Å². The minimum absolute atomic E-state index is 0. The predicted molar refractivity (Wildman–Crippen MR) is 224 cm³/mol. The van der Waals surface area contributed by atoms with Crippen molar-refractivity contribution in [2.45, 2.75) is 233 Å². The number of carbonyl (C=O) groups excluding carboxylic acids is 8. The Morgan fingerprint density at radius 2 is 0.306 bits per heavy atom. The quantitative estimate of drug-likeness (QED) is 0.0313. The molecule has 376 valence electrons. The molecule has 0 saturated heterocycles. The number of hydrogen-bond donors (Lipinski definition) is 0. The van der Waals surface area contributed by atoms with Crippen LogP contribution in [0, 0.1) is 23.7 Å². The summed E-state index contributed by atoms with van der Waals surface area (Å²) >= 11 is 0. The smallest absolute Gasteiger partial charge is 0.549 e. The molecule has 0 aliphatic heterocycles. The van der Waals surface area contributed by atoms with Crippen molar-refractivity contribution in [1.82, 2.24) is 0 Å². The molecule has 72 heavy (non-hydrogen) atoms. The van der Waals surface area contributed by atoms with E-state index in [2.05, 4.69) is 27.7 Å². The molecule has 0 aromatic carbocycles. The number of carbonyl (C=O) groups is 8. The Morgan fingerprint density at radius 1 is 0.208 bits per heavy atom. The van der Waals surface area contributed by atoms with Crippen LogP contribution in [0.25, 0.3) is 0 Å². The number of unbranched alkanes of at least 4 members (excludes halogenated alkanes) is 24. The van der Waals surface area contributed by atoms with Crippen molar-refractivity contribution in [3.05, 3.63) is 0 Å². The van der Waals surface area contributed by atoms with Gasteiger partial charge in [-0.15, -0.1) is 0 Å². The van der Waals surface area contributed by atoms with Gasteiger partial charge in [0.2, 0.25) is 0 Å².